The first-order valence-corrected chi connectivity index (χ1v) is 12.3. The van der Waals surface area contributed by atoms with Crippen LogP contribution in [0.5, 0.6) is 5.75 Å². The van der Waals surface area contributed by atoms with Gasteiger partial charge in [0, 0.05) is 5.69 Å². The third kappa shape index (κ3) is 3.71. The fraction of sp³-hybridized carbons (Fsp3) is 0.654. The first kappa shape index (κ1) is 25.4. The van der Waals surface area contributed by atoms with Gasteiger partial charge in [-0.25, -0.2) is 0 Å². The van der Waals surface area contributed by atoms with E-state index in [-0.39, 0.29) is 31.0 Å². The lowest BCUT2D eigenvalue weighted by Gasteiger charge is -2.38. The molecule has 3 saturated heterocycles. The van der Waals surface area contributed by atoms with Gasteiger partial charge in [-0.15, -0.1) is 0 Å². The summed E-state index contributed by atoms with van der Waals surface area (Å²) in [7, 11) is 1.56. The van der Waals surface area contributed by atoms with Gasteiger partial charge in [-0.05, 0) is 56.4 Å². The molecule has 1 aromatic carbocycles. The van der Waals surface area contributed by atoms with E-state index in [0.29, 0.717) is 17.9 Å². The predicted octanol–water partition coefficient (Wildman–Crippen LogP) is 2.22. The summed E-state index contributed by atoms with van der Waals surface area (Å²) in [4.78, 5) is 42.5. The van der Waals surface area contributed by atoms with Gasteiger partial charge < -0.3 is 29.5 Å². The molecule has 0 aliphatic carbocycles. The highest BCUT2D eigenvalue weighted by molar-refractivity contribution is 6.03. The number of nitrogens with one attached hydrogen (secondary N) is 1. The number of carbonyl (C=O) groups is 3. The Morgan fingerprint density at radius 1 is 1.29 bits per heavy atom. The SMILES string of the molecule is CCOC(=O)[C@H]1[C@H]2C(=O)N([C@@H](CO)C(C)C)C(C(=O)Nc3ccc(OC)cc3)C23CC(C)[C@]1(C)O3. The Labute approximate surface area is 206 Å². The molecule has 2 bridgehead atoms. The van der Waals surface area contributed by atoms with Crippen LogP contribution in [-0.2, 0) is 23.9 Å². The van der Waals surface area contributed by atoms with Crippen molar-refractivity contribution in [1.29, 1.82) is 0 Å². The Hall–Kier alpha value is -2.65. The number of anilines is 1. The summed E-state index contributed by atoms with van der Waals surface area (Å²) in [6.07, 6.45) is 0.448. The van der Waals surface area contributed by atoms with E-state index >= 15 is 0 Å². The molecule has 2 N–H and O–H groups in total. The zero-order valence-corrected chi connectivity index (χ0v) is 21.2. The summed E-state index contributed by atoms with van der Waals surface area (Å²) in [5.74, 6) is -2.48. The monoisotopic (exact) mass is 488 g/mol. The van der Waals surface area contributed by atoms with Crippen molar-refractivity contribution < 1.29 is 33.7 Å². The molecule has 3 aliphatic heterocycles. The van der Waals surface area contributed by atoms with Crippen LogP contribution in [0, 0.1) is 23.7 Å². The van der Waals surface area contributed by atoms with Crippen molar-refractivity contribution in [2.24, 2.45) is 23.7 Å². The van der Waals surface area contributed by atoms with Crippen molar-refractivity contribution >= 4 is 23.5 Å². The normalized spacial score (nSPS) is 34.2. The van der Waals surface area contributed by atoms with Gasteiger partial charge >= 0.3 is 5.97 Å². The number of benzene rings is 1. The zero-order chi connectivity index (χ0) is 25.7. The lowest BCUT2D eigenvalue weighted by Crippen LogP contribution is -2.57. The average Bonchev–Trinajstić information content (AvgIpc) is 3.32. The van der Waals surface area contributed by atoms with Crippen molar-refractivity contribution in [2.75, 3.05) is 25.6 Å². The second kappa shape index (κ2) is 9.09. The number of amides is 2. The van der Waals surface area contributed by atoms with E-state index in [1.165, 1.54) is 4.90 Å². The molecule has 35 heavy (non-hydrogen) atoms. The third-order valence-electron chi connectivity index (χ3n) is 8.21. The molecular weight excluding hydrogens is 452 g/mol. The molecule has 0 radical (unpaired) electrons. The molecule has 3 aliphatic rings. The highest BCUT2D eigenvalue weighted by Crippen LogP contribution is 2.65. The van der Waals surface area contributed by atoms with E-state index < -0.39 is 47.0 Å². The first-order chi connectivity index (χ1) is 16.5. The van der Waals surface area contributed by atoms with Crippen molar-refractivity contribution in [1.82, 2.24) is 4.90 Å². The molecule has 4 rings (SSSR count). The van der Waals surface area contributed by atoms with Crippen LogP contribution in [-0.4, -0.2) is 71.4 Å². The van der Waals surface area contributed by atoms with Gasteiger partial charge in [-0.3, -0.25) is 14.4 Å². The van der Waals surface area contributed by atoms with Crippen molar-refractivity contribution in [3.63, 3.8) is 0 Å². The Bertz CT molecular complexity index is 996. The van der Waals surface area contributed by atoms with Gasteiger partial charge in [0.1, 0.15) is 23.3 Å². The highest BCUT2D eigenvalue weighted by atomic mass is 16.6. The van der Waals surface area contributed by atoms with Gasteiger partial charge in [-0.2, -0.15) is 0 Å². The van der Waals surface area contributed by atoms with E-state index in [2.05, 4.69) is 5.32 Å². The topological polar surface area (TPSA) is 114 Å². The second-order valence-electron chi connectivity index (χ2n) is 10.4. The maximum atomic E-state index is 14.0. The van der Waals surface area contributed by atoms with Crippen LogP contribution >= 0.6 is 0 Å². The van der Waals surface area contributed by atoms with Gasteiger partial charge in [-0.1, -0.05) is 20.8 Å². The molecule has 2 amide bonds. The lowest BCUT2D eigenvalue weighted by atomic mass is 9.62. The molecule has 9 heteroatoms. The Kier molecular flexibility index (Phi) is 6.61. The fourth-order valence-corrected chi connectivity index (χ4v) is 6.43. The molecule has 1 aromatic rings. The maximum absolute atomic E-state index is 14.0. The van der Waals surface area contributed by atoms with Crippen LogP contribution in [0.4, 0.5) is 5.69 Å². The number of likely N-dealkylation sites (tertiary alicyclic amines) is 1. The number of aliphatic hydroxyl groups excluding tert-OH is 1. The Balaban J connectivity index is 1.79. The molecule has 3 heterocycles. The number of nitrogens with zero attached hydrogens (tertiary/aromatic N) is 1. The fourth-order valence-electron chi connectivity index (χ4n) is 6.43. The summed E-state index contributed by atoms with van der Waals surface area (Å²) in [6.45, 7) is 9.21. The molecule has 3 unspecified atom stereocenters. The van der Waals surface area contributed by atoms with Gasteiger partial charge in [0.2, 0.25) is 11.8 Å². The Morgan fingerprint density at radius 3 is 2.49 bits per heavy atom. The number of hydrogen-bond donors (Lipinski definition) is 2. The summed E-state index contributed by atoms with van der Waals surface area (Å²) >= 11 is 0. The third-order valence-corrected chi connectivity index (χ3v) is 8.21. The number of rotatable bonds is 8. The summed E-state index contributed by atoms with van der Waals surface area (Å²) in [5.41, 5.74) is -1.58. The number of fused-ring (bicyclic) bond motifs is 1. The van der Waals surface area contributed by atoms with E-state index in [4.69, 9.17) is 14.2 Å². The van der Waals surface area contributed by atoms with E-state index in [1.807, 2.05) is 27.7 Å². The highest BCUT2D eigenvalue weighted by Gasteiger charge is 2.80. The number of hydrogen-bond acceptors (Lipinski definition) is 7. The van der Waals surface area contributed by atoms with Crippen LogP contribution in [0.25, 0.3) is 0 Å². The number of methoxy groups -OCH3 is 1. The molecule has 3 fully saturated rings. The smallest absolute Gasteiger partial charge is 0.312 e. The van der Waals surface area contributed by atoms with E-state index in [1.54, 1.807) is 38.3 Å². The van der Waals surface area contributed by atoms with Crippen LogP contribution < -0.4 is 10.1 Å². The molecule has 0 saturated carbocycles. The van der Waals surface area contributed by atoms with Crippen LogP contribution in [0.15, 0.2) is 24.3 Å². The average molecular weight is 489 g/mol. The number of aliphatic hydroxyl groups is 1. The number of carbonyl (C=O) groups excluding carboxylic acids is 3. The molecule has 1 spiro atoms. The summed E-state index contributed by atoms with van der Waals surface area (Å²) < 4.78 is 17.2. The Morgan fingerprint density at radius 2 is 1.94 bits per heavy atom. The summed E-state index contributed by atoms with van der Waals surface area (Å²) in [6, 6.07) is 5.29. The zero-order valence-electron chi connectivity index (χ0n) is 21.2. The molecular formula is C26H36N2O7. The lowest BCUT2D eigenvalue weighted by molar-refractivity contribution is -0.162. The van der Waals surface area contributed by atoms with Gasteiger partial charge in [0.25, 0.3) is 0 Å². The van der Waals surface area contributed by atoms with Crippen molar-refractivity contribution in [3.8, 4) is 5.75 Å². The van der Waals surface area contributed by atoms with Crippen LogP contribution in [0.2, 0.25) is 0 Å². The minimum atomic E-state index is -1.19. The second-order valence-corrected chi connectivity index (χ2v) is 10.4. The molecule has 0 aromatic heterocycles. The summed E-state index contributed by atoms with van der Waals surface area (Å²) in [5, 5.41) is 13.2. The largest absolute Gasteiger partial charge is 0.497 e. The standard InChI is InChI=1S/C26H36N2O7/c1-7-34-24(32)20-19-23(31)28(18(13-29)14(2)3)21(26(19)12-15(4)25(20,5)35-26)22(30)27-16-8-10-17(33-6)11-9-16/h8-11,14-15,18-21,29H,7,12-13H2,1-6H3,(H,27,30)/t15?,18-,19-,20+,21?,25-,26?/m0/s1. The molecule has 192 valence electrons. The van der Waals surface area contributed by atoms with Gasteiger partial charge in [0.15, 0.2) is 0 Å². The van der Waals surface area contributed by atoms with E-state index in [9.17, 15) is 19.5 Å². The maximum Gasteiger partial charge on any atom is 0.312 e. The van der Waals surface area contributed by atoms with Crippen LogP contribution in [0.3, 0.4) is 0 Å². The number of ether oxygens (including phenoxy) is 3. The van der Waals surface area contributed by atoms with Crippen molar-refractivity contribution in [2.45, 2.75) is 64.3 Å². The van der Waals surface area contributed by atoms with E-state index in [0.717, 1.165) is 0 Å². The predicted molar refractivity (Wildman–Crippen MR) is 128 cm³/mol. The van der Waals surface area contributed by atoms with Crippen molar-refractivity contribution in [3.05, 3.63) is 24.3 Å². The molecule has 9 nitrogen and oxygen atoms in total. The minimum absolute atomic E-state index is 0.0798. The minimum Gasteiger partial charge on any atom is -0.497 e. The van der Waals surface area contributed by atoms with Crippen LogP contribution in [0.1, 0.15) is 41.0 Å². The number of esters is 1. The molecule has 7 atom stereocenters. The quantitative estimate of drug-likeness (QED) is 0.539. The first-order valence-electron chi connectivity index (χ1n) is 12.3. The van der Waals surface area contributed by atoms with Gasteiger partial charge in [0.05, 0.1) is 37.9 Å².